The van der Waals surface area contributed by atoms with E-state index in [-0.39, 0.29) is 17.7 Å². The van der Waals surface area contributed by atoms with E-state index in [0.717, 1.165) is 48.9 Å². The van der Waals surface area contributed by atoms with E-state index in [1.807, 2.05) is 12.1 Å². The lowest BCUT2D eigenvalue weighted by molar-refractivity contribution is -0.120. The van der Waals surface area contributed by atoms with Gasteiger partial charge in [-0.2, -0.15) is 0 Å². The second-order valence-electron chi connectivity index (χ2n) is 15.1. The fourth-order valence-corrected chi connectivity index (χ4v) is 7.98. The third-order valence-corrected chi connectivity index (χ3v) is 11.0. The fraction of sp³-hybridized carbons (Fsp3) is 0.773. The number of carbonyl (C=O) groups excluding carboxylic acids is 2. The molecule has 1 atom stereocenters. The summed E-state index contributed by atoms with van der Waals surface area (Å²) in [7, 11) is 0. The first-order chi connectivity index (χ1) is 23.2. The highest BCUT2D eigenvalue weighted by Gasteiger charge is 2.43. The van der Waals surface area contributed by atoms with Crippen molar-refractivity contribution in [2.45, 2.75) is 219 Å². The second-order valence-corrected chi connectivity index (χ2v) is 15.1. The number of anilines is 1. The van der Waals surface area contributed by atoms with Gasteiger partial charge in [-0.1, -0.05) is 206 Å². The molecular formula is C44H73NO2. The summed E-state index contributed by atoms with van der Waals surface area (Å²) >= 11 is 0. The monoisotopic (exact) mass is 648 g/mol. The van der Waals surface area contributed by atoms with E-state index in [1.54, 1.807) is 0 Å². The first-order valence-electron chi connectivity index (χ1n) is 20.9. The highest BCUT2D eigenvalue weighted by Crippen LogP contribution is 2.43. The Morgan fingerprint density at radius 2 is 0.809 bits per heavy atom. The lowest BCUT2D eigenvalue weighted by Crippen LogP contribution is -2.33. The number of fused-ring (bicyclic) bond motifs is 2. The maximum atomic E-state index is 13.6. The Labute approximate surface area is 291 Å². The van der Waals surface area contributed by atoms with Crippen molar-refractivity contribution < 1.29 is 9.59 Å². The van der Waals surface area contributed by atoms with Gasteiger partial charge in [0.2, 0.25) is 0 Å². The normalized spacial score (nSPS) is 15.7. The predicted octanol–water partition coefficient (Wildman–Crippen LogP) is 14.1. The SMILES string of the molecule is CCCCCCCCCCCCCCCCCC1=C2C(=O)N(C1=O)c1ccc(cc1)C2CCCCCCCCCCCCCCCC. The van der Waals surface area contributed by atoms with Crippen LogP contribution in [-0.4, -0.2) is 11.8 Å². The van der Waals surface area contributed by atoms with Crippen LogP contribution < -0.4 is 4.90 Å². The van der Waals surface area contributed by atoms with Gasteiger partial charge in [0.05, 0.1) is 5.69 Å². The van der Waals surface area contributed by atoms with Crippen LogP contribution in [0.2, 0.25) is 0 Å². The molecule has 47 heavy (non-hydrogen) atoms. The molecule has 1 aromatic carbocycles. The van der Waals surface area contributed by atoms with E-state index >= 15 is 0 Å². The molecule has 0 spiro atoms. The van der Waals surface area contributed by atoms with Crippen LogP contribution in [0.25, 0.3) is 0 Å². The zero-order valence-electron chi connectivity index (χ0n) is 31.1. The Morgan fingerprint density at radius 1 is 0.447 bits per heavy atom. The van der Waals surface area contributed by atoms with Gasteiger partial charge in [0.25, 0.3) is 11.8 Å². The summed E-state index contributed by atoms with van der Waals surface area (Å²) in [5.41, 5.74) is 3.61. The molecule has 0 saturated carbocycles. The summed E-state index contributed by atoms with van der Waals surface area (Å²) in [6, 6.07) is 8.29. The van der Waals surface area contributed by atoms with Gasteiger partial charge in [-0.25, -0.2) is 4.90 Å². The van der Waals surface area contributed by atoms with Crippen LogP contribution in [0.5, 0.6) is 0 Å². The van der Waals surface area contributed by atoms with Crippen molar-refractivity contribution in [2.75, 3.05) is 4.90 Å². The lowest BCUT2D eigenvalue weighted by atomic mass is 9.83. The van der Waals surface area contributed by atoms with Crippen molar-refractivity contribution in [1.29, 1.82) is 0 Å². The molecule has 1 aromatic rings. The van der Waals surface area contributed by atoms with Gasteiger partial charge < -0.3 is 0 Å². The van der Waals surface area contributed by atoms with Crippen molar-refractivity contribution in [3.63, 3.8) is 0 Å². The average molecular weight is 648 g/mol. The van der Waals surface area contributed by atoms with Crippen LogP contribution in [0, 0.1) is 0 Å². The van der Waals surface area contributed by atoms with Gasteiger partial charge in [0.1, 0.15) is 0 Å². The molecule has 3 heteroatoms. The third-order valence-electron chi connectivity index (χ3n) is 11.0. The standard InChI is InChI=1S/C44H73NO2/c1-3-5-7-9-11-13-15-17-19-21-23-25-27-29-31-33-41-42-40(38-34-36-39(37-35-38)45(43(41)46)44(42)47)32-30-28-26-24-22-20-18-16-14-12-10-8-6-4-2/h34-37,40H,3-33H2,1-2H3. The van der Waals surface area contributed by atoms with Crippen molar-refractivity contribution in [1.82, 2.24) is 0 Å². The summed E-state index contributed by atoms with van der Waals surface area (Å²) in [6.45, 7) is 4.57. The zero-order chi connectivity index (χ0) is 33.4. The largest absolute Gasteiger partial charge is 0.269 e. The van der Waals surface area contributed by atoms with Crippen molar-refractivity contribution in [3.05, 3.63) is 41.0 Å². The highest BCUT2D eigenvalue weighted by atomic mass is 16.2. The minimum absolute atomic E-state index is 0.0393. The molecule has 266 valence electrons. The molecule has 4 rings (SSSR count). The number of carbonyl (C=O) groups is 2. The summed E-state index contributed by atoms with van der Waals surface area (Å²) in [6.07, 6.45) is 40.7. The minimum atomic E-state index is -0.0474. The average Bonchev–Trinajstić information content (AvgIpc) is 3.36. The summed E-state index contributed by atoms with van der Waals surface area (Å²) in [5, 5.41) is 0. The van der Waals surface area contributed by atoms with Crippen LogP contribution in [0.15, 0.2) is 35.4 Å². The number of rotatable bonds is 31. The fourth-order valence-electron chi connectivity index (χ4n) is 7.98. The zero-order valence-corrected chi connectivity index (χ0v) is 31.1. The van der Waals surface area contributed by atoms with E-state index in [9.17, 15) is 9.59 Å². The molecule has 0 saturated heterocycles. The number of benzene rings is 1. The first-order valence-corrected chi connectivity index (χ1v) is 20.9. The molecule has 0 aromatic heterocycles. The molecule has 0 radical (unpaired) electrons. The number of amides is 2. The van der Waals surface area contributed by atoms with Gasteiger partial charge in [0.15, 0.2) is 0 Å². The van der Waals surface area contributed by atoms with Gasteiger partial charge >= 0.3 is 0 Å². The van der Waals surface area contributed by atoms with Crippen molar-refractivity contribution in [3.8, 4) is 0 Å². The van der Waals surface area contributed by atoms with Crippen molar-refractivity contribution >= 4 is 17.5 Å². The Balaban J connectivity index is 1.32. The van der Waals surface area contributed by atoms with E-state index in [0.29, 0.717) is 0 Å². The molecule has 3 aliphatic heterocycles. The Hall–Kier alpha value is -1.90. The number of hydrogen-bond donors (Lipinski definition) is 0. The maximum Gasteiger partial charge on any atom is 0.262 e. The molecular weight excluding hydrogens is 574 g/mol. The smallest absolute Gasteiger partial charge is 0.262 e. The number of nitrogens with zero attached hydrogens (tertiary/aromatic N) is 1. The van der Waals surface area contributed by atoms with Crippen molar-refractivity contribution in [2.24, 2.45) is 0 Å². The van der Waals surface area contributed by atoms with Gasteiger partial charge in [-0.05, 0) is 37.0 Å². The molecule has 3 nitrogen and oxygen atoms in total. The molecule has 2 amide bonds. The minimum Gasteiger partial charge on any atom is -0.269 e. The molecule has 3 aliphatic rings. The van der Waals surface area contributed by atoms with Gasteiger partial charge in [-0.3, -0.25) is 9.59 Å². The summed E-state index contributed by atoms with van der Waals surface area (Å²) in [5.74, 6) is -0.0224. The quantitative estimate of drug-likeness (QED) is 0.0594. The summed E-state index contributed by atoms with van der Waals surface area (Å²) in [4.78, 5) is 28.7. The highest BCUT2D eigenvalue weighted by molar-refractivity contribution is 6.33. The van der Waals surface area contributed by atoms with E-state index in [1.165, 1.54) is 177 Å². The van der Waals surface area contributed by atoms with Crippen LogP contribution in [0.4, 0.5) is 5.69 Å². The molecule has 1 unspecified atom stereocenters. The van der Waals surface area contributed by atoms with Crippen LogP contribution >= 0.6 is 0 Å². The van der Waals surface area contributed by atoms with E-state index in [4.69, 9.17) is 0 Å². The van der Waals surface area contributed by atoms with E-state index in [2.05, 4.69) is 26.0 Å². The van der Waals surface area contributed by atoms with Crippen LogP contribution in [0.3, 0.4) is 0 Å². The lowest BCUT2D eigenvalue weighted by Gasteiger charge is -2.24. The Bertz CT molecular complexity index is 1010. The number of imide groups is 1. The van der Waals surface area contributed by atoms with Gasteiger partial charge in [-0.15, -0.1) is 0 Å². The molecule has 0 aliphatic carbocycles. The van der Waals surface area contributed by atoms with Gasteiger partial charge in [0, 0.05) is 17.1 Å². The molecule has 3 heterocycles. The summed E-state index contributed by atoms with van der Waals surface area (Å²) < 4.78 is 0. The van der Waals surface area contributed by atoms with Crippen LogP contribution in [0.1, 0.15) is 224 Å². The number of hydrogen-bond acceptors (Lipinski definition) is 2. The Morgan fingerprint density at radius 3 is 1.21 bits per heavy atom. The third kappa shape index (κ3) is 14.6. The molecule has 4 bridgehead atoms. The molecule has 0 fully saturated rings. The maximum absolute atomic E-state index is 13.6. The first kappa shape index (κ1) is 39.5. The van der Waals surface area contributed by atoms with Crippen LogP contribution in [-0.2, 0) is 9.59 Å². The predicted molar refractivity (Wildman–Crippen MR) is 203 cm³/mol. The topological polar surface area (TPSA) is 37.4 Å². The van der Waals surface area contributed by atoms with E-state index < -0.39 is 0 Å². The molecule has 0 N–H and O–H groups in total. The number of unbranched alkanes of at least 4 members (excludes halogenated alkanes) is 27. The Kier molecular flexibility index (Phi) is 21.1. The second kappa shape index (κ2) is 25.1.